The number of benzene rings is 2. The van der Waals surface area contributed by atoms with E-state index < -0.39 is 22.4 Å². The topological polar surface area (TPSA) is 66.5 Å². The zero-order valence-electron chi connectivity index (χ0n) is 15.7. The van der Waals surface area contributed by atoms with Crippen LogP contribution in [0.2, 0.25) is 5.02 Å². The number of rotatable bonds is 6. The van der Waals surface area contributed by atoms with Crippen molar-refractivity contribution in [1.82, 2.24) is 5.32 Å². The molecule has 2 bridgehead atoms. The van der Waals surface area contributed by atoms with Crippen LogP contribution < -0.4 is 9.62 Å². The Labute approximate surface area is 174 Å². The van der Waals surface area contributed by atoms with E-state index in [4.69, 9.17) is 11.6 Å². The van der Waals surface area contributed by atoms with Gasteiger partial charge in [0.15, 0.2) is 0 Å². The highest BCUT2D eigenvalue weighted by atomic mass is 35.5. The molecule has 2 aliphatic carbocycles. The van der Waals surface area contributed by atoms with Crippen LogP contribution in [0, 0.1) is 17.7 Å². The van der Waals surface area contributed by atoms with Gasteiger partial charge < -0.3 is 5.32 Å². The zero-order chi connectivity index (χ0) is 20.6. The molecule has 0 aromatic heterocycles. The van der Waals surface area contributed by atoms with E-state index >= 15 is 0 Å². The van der Waals surface area contributed by atoms with Gasteiger partial charge in [0.1, 0.15) is 12.4 Å². The molecule has 2 aliphatic rings. The number of amides is 1. The molecule has 1 amide bonds. The molecule has 0 saturated heterocycles. The van der Waals surface area contributed by atoms with Gasteiger partial charge in [-0.3, -0.25) is 9.10 Å². The molecule has 2 saturated carbocycles. The predicted octanol–water partition coefficient (Wildman–Crippen LogP) is 3.98. The number of sulfonamides is 1. The van der Waals surface area contributed by atoms with Gasteiger partial charge in [-0.15, -0.1) is 0 Å². The Morgan fingerprint density at radius 1 is 1.14 bits per heavy atom. The molecule has 5 nitrogen and oxygen atoms in total. The van der Waals surface area contributed by atoms with E-state index in [9.17, 15) is 17.6 Å². The van der Waals surface area contributed by atoms with E-state index in [2.05, 4.69) is 5.32 Å². The fourth-order valence-corrected chi connectivity index (χ4v) is 6.09. The third-order valence-corrected chi connectivity index (χ3v) is 7.97. The molecule has 3 unspecified atom stereocenters. The average Bonchev–Trinajstić information content (AvgIpc) is 3.32. The van der Waals surface area contributed by atoms with Crippen LogP contribution in [-0.2, 0) is 14.8 Å². The summed E-state index contributed by atoms with van der Waals surface area (Å²) in [5, 5.41) is 2.80. The smallest absolute Gasteiger partial charge is 0.264 e. The Kier molecular flexibility index (Phi) is 5.53. The van der Waals surface area contributed by atoms with Gasteiger partial charge in [0.05, 0.1) is 15.6 Å². The number of hydrogen-bond acceptors (Lipinski definition) is 3. The highest BCUT2D eigenvalue weighted by molar-refractivity contribution is 7.92. The number of anilines is 1. The van der Waals surface area contributed by atoms with Gasteiger partial charge in [0.25, 0.3) is 10.0 Å². The molecule has 2 aromatic rings. The van der Waals surface area contributed by atoms with Gasteiger partial charge in [0, 0.05) is 6.04 Å². The van der Waals surface area contributed by atoms with Gasteiger partial charge >= 0.3 is 0 Å². The summed E-state index contributed by atoms with van der Waals surface area (Å²) < 4.78 is 41.1. The number of fused-ring (bicyclic) bond motifs is 2. The van der Waals surface area contributed by atoms with Crippen molar-refractivity contribution in [3.63, 3.8) is 0 Å². The van der Waals surface area contributed by atoms with E-state index in [1.165, 1.54) is 30.7 Å². The number of carbonyl (C=O) groups is 1. The van der Waals surface area contributed by atoms with Crippen molar-refractivity contribution >= 4 is 33.2 Å². The molecule has 2 aromatic carbocycles. The first-order valence-corrected chi connectivity index (χ1v) is 11.5. The van der Waals surface area contributed by atoms with Crippen LogP contribution in [-0.4, -0.2) is 26.9 Å². The lowest BCUT2D eigenvalue weighted by atomic mass is 9.95. The monoisotopic (exact) mass is 436 g/mol. The van der Waals surface area contributed by atoms with Crippen molar-refractivity contribution in [2.24, 2.45) is 11.8 Å². The summed E-state index contributed by atoms with van der Waals surface area (Å²) in [4.78, 5) is 12.8. The van der Waals surface area contributed by atoms with Crippen molar-refractivity contribution in [3.8, 4) is 0 Å². The minimum absolute atomic E-state index is 0.0492. The summed E-state index contributed by atoms with van der Waals surface area (Å²) in [5.74, 6) is 0.107. The Balaban J connectivity index is 1.61. The van der Waals surface area contributed by atoms with Gasteiger partial charge in [-0.1, -0.05) is 36.2 Å². The Hall–Kier alpha value is -2.12. The summed E-state index contributed by atoms with van der Waals surface area (Å²) in [7, 11) is -4.03. The van der Waals surface area contributed by atoms with Crippen LogP contribution >= 0.6 is 11.6 Å². The molecule has 4 rings (SSSR count). The second-order valence-electron chi connectivity index (χ2n) is 7.77. The fourth-order valence-electron chi connectivity index (χ4n) is 4.48. The highest BCUT2D eigenvalue weighted by Crippen LogP contribution is 2.44. The average molecular weight is 437 g/mol. The molecule has 2 fully saturated rings. The third-order valence-electron chi connectivity index (χ3n) is 5.89. The largest absolute Gasteiger partial charge is 0.352 e. The second-order valence-corrected chi connectivity index (χ2v) is 10.0. The van der Waals surface area contributed by atoms with Crippen molar-refractivity contribution in [2.45, 2.75) is 36.6 Å². The minimum atomic E-state index is -4.03. The van der Waals surface area contributed by atoms with Crippen LogP contribution in [0.3, 0.4) is 0 Å². The van der Waals surface area contributed by atoms with Gasteiger partial charge in [-0.25, -0.2) is 12.8 Å². The lowest BCUT2D eigenvalue weighted by Gasteiger charge is -2.27. The van der Waals surface area contributed by atoms with E-state index in [1.54, 1.807) is 18.2 Å². The van der Waals surface area contributed by atoms with E-state index in [0.717, 1.165) is 29.6 Å². The van der Waals surface area contributed by atoms with Crippen molar-refractivity contribution in [1.29, 1.82) is 0 Å². The summed E-state index contributed by atoms with van der Waals surface area (Å²) in [6.45, 7) is -0.396. The first-order chi connectivity index (χ1) is 13.8. The molecular weight excluding hydrogens is 415 g/mol. The maximum Gasteiger partial charge on any atom is 0.264 e. The summed E-state index contributed by atoms with van der Waals surface area (Å²) >= 11 is 5.87. The molecule has 0 spiro atoms. The van der Waals surface area contributed by atoms with Crippen LogP contribution in [0.5, 0.6) is 0 Å². The van der Waals surface area contributed by atoms with Crippen LogP contribution in [0.25, 0.3) is 0 Å². The zero-order valence-corrected chi connectivity index (χ0v) is 17.3. The lowest BCUT2D eigenvalue weighted by Crippen LogP contribution is -2.46. The molecule has 154 valence electrons. The summed E-state index contributed by atoms with van der Waals surface area (Å²) in [5.41, 5.74) is 0.142. The number of carbonyl (C=O) groups excluding carboxylic acids is 1. The molecule has 3 atom stereocenters. The number of nitrogens with zero attached hydrogens (tertiary/aromatic N) is 1. The van der Waals surface area contributed by atoms with E-state index in [1.807, 2.05) is 0 Å². The van der Waals surface area contributed by atoms with Gasteiger partial charge in [0.2, 0.25) is 5.91 Å². The number of hydrogen-bond donors (Lipinski definition) is 1. The highest BCUT2D eigenvalue weighted by Gasteiger charge is 2.40. The normalized spacial score (nSPS) is 23.2. The molecule has 1 N–H and O–H groups in total. The number of nitrogens with one attached hydrogen (secondary N) is 1. The molecule has 0 radical (unpaired) electrons. The third kappa shape index (κ3) is 4.12. The second kappa shape index (κ2) is 7.95. The van der Waals surface area contributed by atoms with Gasteiger partial charge in [-0.05, 0) is 61.4 Å². The van der Waals surface area contributed by atoms with Crippen LogP contribution in [0.4, 0.5) is 10.1 Å². The molecule has 29 heavy (non-hydrogen) atoms. The van der Waals surface area contributed by atoms with E-state index in [-0.39, 0.29) is 27.6 Å². The number of halogens is 2. The quantitative estimate of drug-likeness (QED) is 0.744. The Morgan fingerprint density at radius 2 is 1.90 bits per heavy atom. The fraction of sp³-hybridized carbons (Fsp3) is 0.381. The maximum absolute atomic E-state index is 13.6. The maximum atomic E-state index is 13.6. The molecule has 0 aliphatic heterocycles. The van der Waals surface area contributed by atoms with Gasteiger partial charge in [-0.2, -0.15) is 0 Å². The van der Waals surface area contributed by atoms with Crippen molar-refractivity contribution < 1.29 is 17.6 Å². The van der Waals surface area contributed by atoms with Crippen LogP contribution in [0.1, 0.15) is 25.7 Å². The first-order valence-electron chi connectivity index (χ1n) is 9.67. The summed E-state index contributed by atoms with van der Waals surface area (Å²) in [6.07, 6.45) is 4.39. The minimum Gasteiger partial charge on any atom is -0.352 e. The molecule has 8 heteroatoms. The van der Waals surface area contributed by atoms with Crippen LogP contribution in [0.15, 0.2) is 53.4 Å². The SMILES string of the molecule is O=C(CN(c1ccc(F)c(Cl)c1)S(=O)(=O)c1ccccc1)NC1CC2CCC1C2. The Morgan fingerprint density at radius 3 is 2.52 bits per heavy atom. The van der Waals surface area contributed by atoms with E-state index in [0.29, 0.717) is 11.8 Å². The van der Waals surface area contributed by atoms with Crippen molar-refractivity contribution in [3.05, 3.63) is 59.4 Å². The first kappa shape index (κ1) is 20.2. The standard InChI is InChI=1S/C21H22ClFN2O3S/c22-18-12-16(8-9-19(18)23)25(29(27,28)17-4-2-1-3-5-17)13-21(26)24-20-11-14-6-7-15(20)10-14/h1-5,8-9,12,14-15,20H,6-7,10-11,13H2,(H,24,26). The summed E-state index contributed by atoms with van der Waals surface area (Å²) in [6, 6.07) is 11.6. The molecular formula is C21H22ClFN2O3S. The van der Waals surface area contributed by atoms with Crippen molar-refractivity contribution in [2.75, 3.05) is 10.8 Å². The predicted molar refractivity (Wildman–Crippen MR) is 110 cm³/mol. The Bertz CT molecular complexity index is 1020. The molecule has 0 heterocycles. The lowest BCUT2D eigenvalue weighted by molar-refractivity contribution is -0.120.